The van der Waals surface area contributed by atoms with Crippen molar-refractivity contribution in [2.24, 2.45) is 13.0 Å². The molecule has 2 atom stereocenters. The molecule has 4 aromatic rings. The highest BCUT2D eigenvalue weighted by Gasteiger charge is 2.36. The Morgan fingerprint density at radius 1 is 1.10 bits per heavy atom. The number of hydrogen-bond acceptors (Lipinski definition) is 5. The van der Waals surface area contributed by atoms with E-state index in [9.17, 15) is 23.1 Å². The number of benzene rings is 2. The van der Waals surface area contributed by atoms with Gasteiger partial charge in [0.1, 0.15) is 29.4 Å². The molecule has 12 heteroatoms. The Hall–Kier alpha value is -4.09. The van der Waals surface area contributed by atoms with E-state index < -0.39 is 30.0 Å². The van der Waals surface area contributed by atoms with Crippen LogP contribution in [0.15, 0.2) is 48.7 Å². The van der Waals surface area contributed by atoms with Gasteiger partial charge in [0.25, 0.3) is 0 Å². The summed E-state index contributed by atoms with van der Waals surface area (Å²) in [4.78, 5) is 16.6. The molecule has 0 bridgehead atoms. The molecule has 0 aliphatic heterocycles. The normalized spacial score (nSPS) is 17.9. The largest absolute Gasteiger partial charge is 0.573 e. The van der Waals surface area contributed by atoms with Gasteiger partial charge in [-0.2, -0.15) is 5.10 Å². The van der Waals surface area contributed by atoms with Gasteiger partial charge in [0.05, 0.1) is 17.1 Å². The summed E-state index contributed by atoms with van der Waals surface area (Å²) in [6, 6.07) is 9.99. The zero-order chi connectivity index (χ0) is 27.7. The quantitative estimate of drug-likeness (QED) is 0.281. The van der Waals surface area contributed by atoms with E-state index >= 15 is 4.39 Å². The van der Waals surface area contributed by atoms with Crippen LogP contribution in [-0.4, -0.2) is 36.8 Å². The highest BCUT2D eigenvalue weighted by Crippen LogP contribution is 2.40. The van der Waals surface area contributed by atoms with Crippen LogP contribution in [0, 0.1) is 11.7 Å². The summed E-state index contributed by atoms with van der Waals surface area (Å²) in [6.07, 6.45) is -0.420. The van der Waals surface area contributed by atoms with E-state index in [-0.39, 0.29) is 30.2 Å². The number of aromatic nitrogens is 4. The molecule has 2 aromatic carbocycles. The molecule has 1 aliphatic rings. The first-order valence-electron chi connectivity index (χ1n) is 12.5. The lowest BCUT2D eigenvalue weighted by molar-refractivity contribution is -0.274. The minimum Gasteiger partial charge on any atom is -0.487 e. The minimum atomic E-state index is -4.81. The Morgan fingerprint density at radius 3 is 2.51 bits per heavy atom. The van der Waals surface area contributed by atoms with Crippen LogP contribution in [0.3, 0.4) is 0 Å². The van der Waals surface area contributed by atoms with Crippen molar-refractivity contribution in [1.29, 1.82) is 0 Å². The fourth-order valence-electron chi connectivity index (χ4n) is 5.12. The van der Waals surface area contributed by atoms with Crippen molar-refractivity contribution >= 4 is 17.0 Å². The van der Waals surface area contributed by atoms with Gasteiger partial charge >= 0.3 is 12.3 Å². The van der Waals surface area contributed by atoms with Gasteiger partial charge in [0.2, 0.25) is 0 Å². The molecule has 2 aromatic heterocycles. The van der Waals surface area contributed by atoms with Crippen LogP contribution in [0.25, 0.3) is 11.0 Å². The molecule has 39 heavy (non-hydrogen) atoms. The van der Waals surface area contributed by atoms with Crippen molar-refractivity contribution in [2.45, 2.75) is 51.1 Å². The number of rotatable bonds is 8. The van der Waals surface area contributed by atoms with Crippen molar-refractivity contribution in [3.05, 3.63) is 71.6 Å². The third-order valence-corrected chi connectivity index (χ3v) is 6.88. The van der Waals surface area contributed by atoms with E-state index in [1.165, 1.54) is 30.3 Å². The van der Waals surface area contributed by atoms with Crippen molar-refractivity contribution < 1.29 is 36.9 Å². The van der Waals surface area contributed by atoms with Crippen LogP contribution in [0.5, 0.6) is 11.5 Å². The zero-order valence-electron chi connectivity index (χ0n) is 21.0. The van der Waals surface area contributed by atoms with Crippen molar-refractivity contribution in [3.8, 4) is 11.5 Å². The highest BCUT2D eigenvalue weighted by molar-refractivity contribution is 5.79. The first-order valence-corrected chi connectivity index (χ1v) is 12.5. The number of alkyl halides is 3. The summed E-state index contributed by atoms with van der Waals surface area (Å²) in [7, 11) is 1.77. The maximum absolute atomic E-state index is 15.3. The lowest BCUT2D eigenvalue weighted by atomic mass is 9.78. The van der Waals surface area contributed by atoms with Crippen LogP contribution in [-0.2, 0) is 25.0 Å². The standard InChI is InChI=1S/C27H26F4N4O4/c1-34-11-10-17(33-34)15-38-19-12-22(28)24-23(13-19)35(14-16-6-8-18(9-7-16)39-27(29,30)31)25(32-24)20-4-2-3-5-21(20)26(36)37/h6-13,20-21H,2-5,14-15H2,1H3,(H,36,37)/t20-,21+/m1/s1. The smallest absolute Gasteiger partial charge is 0.487 e. The van der Waals surface area contributed by atoms with Crippen LogP contribution in [0.2, 0.25) is 0 Å². The molecule has 5 rings (SSSR count). The van der Waals surface area contributed by atoms with Crippen LogP contribution in [0.4, 0.5) is 17.6 Å². The number of nitrogens with zero attached hydrogens (tertiary/aromatic N) is 4. The second kappa shape index (κ2) is 10.6. The molecule has 2 heterocycles. The van der Waals surface area contributed by atoms with Gasteiger partial charge in [0.15, 0.2) is 5.82 Å². The third kappa shape index (κ3) is 5.99. The van der Waals surface area contributed by atoms with E-state index in [0.29, 0.717) is 35.4 Å². The molecule has 0 spiro atoms. The molecule has 1 N–H and O–H groups in total. The number of aliphatic carboxylic acids is 1. The van der Waals surface area contributed by atoms with Gasteiger partial charge in [-0.15, -0.1) is 13.2 Å². The summed E-state index contributed by atoms with van der Waals surface area (Å²) in [5, 5.41) is 14.1. The lowest BCUT2D eigenvalue weighted by Crippen LogP contribution is -2.27. The molecule has 0 radical (unpaired) electrons. The minimum absolute atomic E-state index is 0.0712. The zero-order valence-corrected chi connectivity index (χ0v) is 21.0. The van der Waals surface area contributed by atoms with Gasteiger partial charge < -0.3 is 19.1 Å². The summed E-state index contributed by atoms with van der Waals surface area (Å²) < 4.78 is 66.2. The Labute approximate surface area is 220 Å². The van der Waals surface area contributed by atoms with Crippen LogP contribution < -0.4 is 9.47 Å². The Kier molecular flexibility index (Phi) is 7.19. The van der Waals surface area contributed by atoms with Crippen molar-refractivity contribution in [3.63, 3.8) is 0 Å². The molecule has 0 saturated heterocycles. The van der Waals surface area contributed by atoms with Crippen molar-refractivity contribution in [1.82, 2.24) is 19.3 Å². The molecular formula is C27H26F4N4O4. The van der Waals surface area contributed by atoms with Gasteiger partial charge in [0, 0.05) is 37.8 Å². The molecule has 0 amide bonds. The first-order chi connectivity index (χ1) is 18.6. The summed E-state index contributed by atoms with van der Waals surface area (Å²) in [6.45, 7) is 0.237. The number of imidazole rings is 1. The summed E-state index contributed by atoms with van der Waals surface area (Å²) >= 11 is 0. The monoisotopic (exact) mass is 546 g/mol. The maximum Gasteiger partial charge on any atom is 0.573 e. The Balaban J connectivity index is 1.54. The van der Waals surface area contributed by atoms with Gasteiger partial charge in [-0.1, -0.05) is 25.0 Å². The van der Waals surface area contributed by atoms with Gasteiger partial charge in [-0.25, -0.2) is 9.37 Å². The second-order valence-corrected chi connectivity index (χ2v) is 9.63. The number of ether oxygens (including phenoxy) is 2. The predicted octanol–water partition coefficient (Wildman–Crippen LogP) is 5.79. The van der Waals surface area contributed by atoms with E-state index in [1.807, 2.05) is 0 Å². The maximum atomic E-state index is 15.3. The second-order valence-electron chi connectivity index (χ2n) is 9.63. The fourth-order valence-corrected chi connectivity index (χ4v) is 5.12. The molecule has 1 aliphatic carbocycles. The predicted molar refractivity (Wildman–Crippen MR) is 132 cm³/mol. The third-order valence-electron chi connectivity index (χ3n) is 6.88. The summed E-state index contributed by atoms with van der Waals surface area (Å²) in [5.74, 6) is -2.39. The Morgan fingerprint density at radius 2 is 1.85 bits per heavy atom. The summed E-state index contributed by atoms with van der Waals surface area (Å²) in [5.41, 5.74) is 1.72. The van der Waals surface area contributed by atoms with Crippen LogP contribution >= 0.6 is 0 Å². The number of halogens is 4. The number of hydrogen-bond donors (Lipinski definition) is 1. The Bertz CT molecular complexity index is 1480. The highest BCUT2D eigenvalue weighted by atomic mass is 19.4. The van der Waals surface area contributed by atoms with Gasteiger partial charge in [-0.3, -0.25) is 9.48 Å². The molecule has 206 valence electrons. The van der Waals surface area contributed by atoms with Crippen LogP contribution in [0.1, 0.15) is 48.7 Å². The molecule has 1 fully saturated rings. The number of aryl methyl sites for hydroxylation is 1. The van der Waals surface area contributed by atoms with Gasteiger partial charge in [-0.05, 0) is 36.6 Å². The lowest BCUT2D eigenvalue weighted by Gasteiger charge is -2.28. The number of fused-ring (bicyclic) bond motifs is 1. The molecule has 0 unspecified atom stereocenters. The van der Waals surface area contributed by atoms with Crippen molar-refractivity contribution in [2.75, 3.05) is 0 Å². The molecular weight excluding hydrogens is 520 g/mol. The molecule has 1 saturated carbocycles. The van der Waals surface area contributed by atoms with E-state index in [1.54, 1.807) is 34.6 Å². The number of carboxylic acids is 1. The number of carboxylic acid groups (broad SMARTS) is 1. The average molecular weight is 547 g/mol. The van der Waals surface area contributed by atoms with E-state index in [4.69, 9.17) is 4.74 Å². The van der Waals surface area contributed by atoms with E-state index in [0.717, 1.165) is 12.8 Å². The topological polar surface area (TPSA) is 91.4 Å². The SMILES string of the molecule is Cn1ccc(COc2cc(F)c3nc([C@@H]4CCCC[C@@H]4C(=O)O)n(Cc4ccc(OC(F)(F)F)cc4)c3c2)n1. The van der Waals surface area contributed by atoms with E-state index in [2.05, 4.69) is 14.8 Å². The fraction of sp³-hybridized carbons (Fsp3) is 0.370. The number of carbonyl (C=O) groups is 1. The average Bonchev–Trinajstić information content (AvgIpc) is 3.46. The molecule has 8 nitrogen and oxygen atoms in total. The first kappa shape index (κ1) is 26.5.